The Morgan fingerprint density at radius 3 is 2.00 bits per heavy atom. The van der Waals surface area contributed by atoms with E-state index in [0.717, 1.165) is 11.1 Å². The maximum absolute atomic E-state index is 12.9. The number of nitrogens with one attached hydrogen (secondary N) is 2. The predicted octanol–water partition coefficient (Wildman–Crippen LogP) is 4.95. The summed E-state index contributed by atoms with van der Waals surface area (Å²) in [4.78, 5) is 36.5. The van der Waals surface area contributed by atoms with Crippen LogP contribution in [0, 0.1) is 10.8 Å². The van der Waals surface area contributed by atoms with Gasteiger partial charge in [-0.2, -0.15) is 0 Å². The van der Waals surface area contributed by atoms with E-state index in [4.69, 9.17) is 4.74 Å². The zero-order valence-corrected chi connectivity index (χ0v) is 21.2. The molecule has 2 aromatic carbocycles. The number of hydrogen-bond acceptors (Lipinski definition) is 4. The highest BCUT2D eigenvalue weighted by molar-refractivity contribution is 5.83. The van der Waals surface area contributed by atoms with Crippen molar-refractivity contribution >= 4 is 18.0 Å². The van der Waals surface area contributed by atoms with Crippen molar-refractivity contribution in [3.63, 3.8) is 0 Å². The third kappa shape index (κ3) is 6.41. The van der Waals surface area contributed by atoms with Crippen LogP contribution in [-0.2, 0) is 14.3 Å². The van der Waals surface area contributed by atoms with Crippen LogP contribution in [0.2, 0.25) is 0 Å². The second-order valence-corrected chi connectivity index (χ2v) is 10.9. The quantitative estimate of drug-likeness (QED) is 0.471. The van der Waals surface area contributed by atoms with E-state index < -0.39 is 28.9 Å². The molecule has 0 heterocycles. The molecule has 35 heavy (non-hydrogen) atoms. The molecule has 3 rings (SSSR count). The minimum atomic E-state index is -0.958. The molecule has 0 spiro atoms. The normalized spacial score (nSPS) is 14.0. The van der Waals surface area contributed by atoms with E-state index in [1.54, 1.807) is 13.8 Å². The van der Waals surface area contributed by atoms with Gasteiger partial charge in [0.2, 0.25) is 5.91 Å². The summed E-state index contributed by atoms with van der Waals surface area (Å²) in [6, 6.07) is 15.8. The molecule has 1 aliphatic carbocycles. The number of carboxylic acids is 1. The number of carbonyl (C=O) groups is 3. The first-order chi connectivity index (χ1) is 16.4. The van der Waals surface area contributed by atoms with Gasteiger partial charge in [-0.15, -0.1) is 0 Å². The Bertz CT molecular complexity index is 1040. The van der Waals surface area contributed by atoms with E-state index in [0.29, 0.717) is 6.42 Å². The Morgan fingerprint density at radius 2 is 1.49 bits per heavy atom. The van der Waals surface area contributed by atoms with Gasteiger partial charge in [0.05, 0.1) is 6.42 Å². The number of carbonyl (C=O) groups excluding carboxylic acids is 2. The number of amides is 2. The minimum Gasteiger partial charge on any atom is -0.481 e. The Morgan fingerprint density at radius 1 is 0.943 bits per heavy atom. The van der Waals surface area contributed by atoms with Crippen LogP contribution < -0.4 is 10.6 Å². The first-order valence-corrected chi connectivity index (χ1v) is 12.0. The molecule has 188 valence electrons. The zero-order valence-electron chi connectivity index (χ0n) is 21.2. The van der Waals surface area contributed by atoms with Gasteiger partial charge in [0.1, 0.15) is 6.61 Å². The minimum absolute atomic E-state index is 0.0149. The number of rotatable bonds is 9. The Balaban J connectivity index is 1.51. The van der Waals surface area contributed by atoms with Crippen molar-refractivity contribution < 1.29 is 24.2 Å². The van der Waals surface area contributed by atoms with E-state index in [2.05, 4.69) is 34.9 Å². The fraction of sp³-hybridized carbons (Fsp3) is 0.464. The molecule has 7 heteroatoms. The highest BCUT2D eigenvalue weighted by atomic mass is 16.5. The molecule has 3 N–H and O–H groups in total. The fourth-order valence-corrected chi connectivity index (χ4v) is 4.34. The number of carboxylic acid groups (broad SMARTS) is 1. The molecule has 0 saturated heterocycles. The van der Waals surface area contributed by atoms with Crippen LogP contribution in [-0.4, -0.2) is 42.3 Å². The van der Waals surface area contributed by atoms with Gasteiger partial charge in [-0.1, -0.05) is 83.1 Å². The van der Waals surface area contributed by atoms with E-state index in [9.17, 15) is 19.5 Å². The summed E-state index contributed by atoms with van der Waals surface area (Å²) >= 11 is 0. The van der Waals surface area contributed by atoms with Gasteiger partial charge in [0.25, 0.3) is 0 Å². The summed E-state index contributed by atoms with van der Waals surface area (Å²) in [5.41, 5.74) is 3.44. The number of hydrogen-bond donors (Lipinski definition) is 3. The smallest absolute Gasteiger partial charge is 0.407 e. The van der Waals surface area contributed by atoms with Gasteiger partial charge in [0, 0.05) is 23.9 Å². The van der Waals surface area contributed by atoms with Crippen molar-refractivity contribution in [2.75, 3.05) is 13.2 Å². The van der Waals surface area contributed by atoms with Crippen LogP contribution in [0.15, 0.2) is 48.5 Å². The first kappa shape index (κ1) is 26.3. The molecule has 0 aliphatic heterocycles. The molecular weight excluding hydrogens is 444 g/mol. The first-order valence-electron chi connectivity index (χ1n) is 12.0. The lowest BCUT2D eigenvalue weighted by Crippen LogP contribution is -2.50. The topological polar surface area (TPSA) is 105 Å². The molecule has 0 saturated carbocycles. The van der Waals surface area contributed by atoms with Gasteiger partial charge < -0.3 is 20.5 Å². The summed E-state index contributed by atoms with van der Waals surface area (Å²) in [5, 5.41) is 14.8. The highest BCUT2D eigenvalue weighted by Gasteiger charge is 2.34. The second kappa shape index (κ2) is 10.5. The Hall–Kier alpha value is -3.35. The van der Waals surface area contributed by atoms with Crippen LogP contribution in [0.4, 0.5) is 4.79 Å². The molecule has 0 radical (unpaired) electrons. The van der Waals surface area contributed by atoms with Crippen LogP contribution in [0.25, 0.3) is 11.1 Å². The summed E-state index contributed by atoms with van der Waals surface area (Å²) in [5.74, 6) is -1.22. The SMILES string of the molecule is CC(C)(CCNC(=O)OCC1c2ccccc2-c2ccccc21)C(=O)NC(CC(=O)O)C(C)(C)C. The third-order valence-electron chi connectivity index (χ3n) is 6.71. The maximum Gasteiger partial charge on any atom is 0.407 e. The largest absolute Gasteiger partial charge is 0.481 e. The molecule has 2 amide bonds. The monoisotopic (exact) mass is 480 g/mol. The van der Waals surface area contributed by atoms with E-state index in [-0.39, 0.29) is 31.4 Å². The Kier molecular flexibility index (Phi) is 7.88. The van der Waals surface area contributed by atoms with Crippen molar-refractivity contribution in [3.05, 3.63) is 59.7 Å². The van der Waals surface area contributed by atoms with Crippen molar-refractivity contribution in [1.82, 2.24) is 10.6 Å². The van der Waals surface area contributed by atoms with Crippen LogP contribution >= 0.6 is 0 Å². The molecule has 1 atom stereocenters. The summed E-state index contributed by atoms with van der Waals surface area (Å²) in [6.07, 6.45) is -0.294. The molecule has 7 nitrogen and oxygen atoms in total. The lowest BCUT2D eigenvalue weighted by molar-refractivity contribution is -0.139. The van der Waals surface area contributed by atoms with Gasteiger partial charge in [-0.25, -0.2) is 4.79 Å². The fourth-order valence-electron chi connectivity index (χ4n) is 4.34. The average molecular weight is 481 g/mol. The van der Waals surface area contributed by atoms with Crippen molar-refractivity contribution in [2.45, 2.75) is 59.4 Å². The van der Waals surface area contributed by atoms with E-state index in [1.807, 2.05) is 45.0 Å². The van der Waals surface area contributed by atoms with Gasteiger partial charge >= 0.3 is 12.1 Å². The number of benzene rings is 2. The number of ether oxygens (including phenoxy) is 1. The average Bonchev–Trinajstić information content (AvgIpc) is 3.10. The number of aliphatic carboxylic acids is 1. The highest BCUT2D eigenvalue weighted by Crippen LogP contribution is 2.44. The van der Waals surface area contributed by atoms with Crippen molar-refractivity contribution in [2.24, 2.45) is 10.8 Å². The molecule has 0 aromatic heterocycles. The molecule has 0 bridgehead atoms. The number of fused-ring (bicyclic) bond motifs is 3. The molecule has 1 unspecified atom stereocenters. The summed E-state index contributed by atoms with van der Waals surface area (Å²) in [6.45, 7) is 9.73. The predicted molar refractivity (Wildman–Crippen MR) is 135 cm³/mol. The third-order valence-corrected chi connectivity index (χ3v) is 6.71. The van der Waals surface area contributed by atoms with E-state index in [1.165, 1.54) is 11.1 Å². The molecular formula is C28H36N2O5. The zero-order chi connectivity index (χ0) is 25.8. The van der Waals surface area contributed by atoms with Crippen LogP contribution in [0.1, 0.15) is 64.5 Å². The lowest BCUT2D eigenvalue weighted by atomic mass is 9.82. The molecule has 1 aliphatic rings. The van der Waals surface area contributed by atoms with Crippen LogP contribution in [0.3, 0.4) is 0 Å². The van der Waals surface area contributed by atoms with Crippen molar-refractivity contribution in [3.8, 4) is 11.1 Å². The summed E-state index contributed by atoms with van der Waals surface area (Å²) < 4.78 is 5.55. The molecule has 0 fully saturated rings. The maximum atomic E-state index is 12.9. The Labute approximate surface area is 207 Å². The van der Waals surface area contributed by atoms with Crippen molar-refractivity contribution in [1.29, 1.82) is 0 Å². The summed E-state index contributed by atoms with van der Waals surface area (Å²) in [7, 11) is 0. The van der Waals surface area contributed by atoms with Crippen LogP contribution in [0.5, 0.6) is 0 Å². The molecule has 2 aromatic rings. The lowest BCUT2D eigenvalue weighted by Gasteiger charge is -2.34. The van der Waals surface area contributed by atoms with Gasteiger partial charge in [0.15, 0.2) is 0 Å². The second-order valence-electron chi connectivity index (χ2n) is 10.9. The van der Waals surface area contributed by atoms with Gasteiger partial charge in [-0.3, -0.25) is 9.59 Å². The van der Waals surface area contributed by atoms with E-state index >= 15 is 0 Å². The van der Waals surface area contributed by atoms with Gasteiger partial charge in [-0.05, 0) is 34.1 Å². The number of alkyl carbamates (subject to hydrolysis) is 1. The standard InChI is InChI=1S/C28H36N2O5/c1-27(2,3)23(16-24(31)32)30-25(33)28(4,5)14-15-29-26(34)35-17-22-20-12-8-6-10-18(20)19-11-7-9-13-21(19)22/h6-13,22-23H,14-17H2,1-5H3,(H,29,34)(H,30,33)(H,31,32).